The Morgan fingerprint density at radius 1 is 1.11 bits per heavy atom. The number of nitrogens with zero attached hydrogens (tertiary/aromatic N) is 1. The van der Waals surface area contributed by atoms with E-state index in [1.165, 1.54) is 5.56 Å². The minimum Gasteiger partial charge on any atom is -0.497 e. The van der Waals surface area contributed by atoms with Crippen LogP contribution in [0.15, 0.2) is 48.5 Å². The van der Waals surface area contributed by atoms with Gasteiger partial charge in [0.1, 0.15) is 11.4 Å². The SMILES string of the molecule is COc1ccc(CCN2C(=O)NCC2(N)c2ccc(C(C)(C)C)cc2)cc1. The number of hydrogen-bond donors (Lipinski definition) is 2. The molecule has 27 heavy (non-hydrogen) atoms. The van der Waals surface area contributed by atoms with Gasteiger partial charge in [0.25, 0.3) is 0 Å². The Labute approximate surface area is 161 Å². The largest absolute Gasteiger partial charge is 0.497 e. The summed E-state index contributed by atoms with van der Waals surface area (Å²) in [5.74, 6) is 0.824. The second-order valence-corrected chi connectivity index (χ2v) is 8.16. The van der Waals surface area contributed by atoms with Crippen LogP contribution >= 0.6 is 0 Å². The average Bonchev–Trinajstić information content (AvgIpc) is 2.95. The summed E-state index contributed by atoms with van der Waals surface area (Å²) in [7, 11) is 1.65. The molecule has 1 aliphatic rings. The molecule has 3 N–H and O–H groups in total. The molecular formula is C22H29N3O2. The fourth-order valence-corrected chi connectivity index (χ4v) is 3.43. The molecule has 1 fully saturated rings. The van der Waals surface area contributed by atoms with Crippen LogP contribution in [0.5, 0.6) is 5.75 Å². The number of rotatable bonds is 5. The Kier molecular flexibility index (Phi) is 5.16. The molecule has 144 valence electrons. The number of nitrogens with one attached hydrogen (secondary N) is 1. The smallest absolute Gasteiger partial charge is 0.319 e. The van der Waals surface area contributed by atoms with Gasteiger partial charge in [0.2, 0.25) is 0 Å². The number of carbonyl (C=O) groups excluding carboxylic acids is 1. The van der Waals surface area contributed by atoms with Crippen LogP contribution in [0.4, 0.5) is 4.79 Å². The van der Waals surface area contributed by atoms with E-state index in [1.807, 2.05) is 36.4 Å². The van der Waals surface area contributed by atoms with E-state index in [4.69, 9.17) is 10.5 Å². The second-order valence-electron chi connectivity index (χ2n) is 8.16. The lowest BCUT2D eigenvalue weighted by atomic mass is 9.85. The predicted molar refractivity (Wildman–Crippen MR) is 108 cm³/mol. The lowest BCUT2D eigenvalue weighted by Crippen LogP contribution is -2.52. The molecule has 2 aromatic carbocycles. The van der Waals surface area contributed by atoms with E-state index in [0.717, 1.165) is 23.3 Å². The monoisotopic (exact) mass is 367 g/mol. The molecule has 0 aromatic heterocycles. The highest BCUT2D eigenvalue weighted by atomic mass is 16.5. The average molecular weight is 367 g/mol. The molecule has 2 amide bonds. The normalized spacial score (nSPS) is 19.9. The van der Waals surface area contributed by atoms with E-state index < -0.39 is 5.66 Å². The van der Waals surface area contributed by atoms with Crippen molar-refractivity contribution in [3.8, 4) is 5.75 Å². The van der Waals surface area contributed by atoms with Crippen molar-refractivity contribution in [2.24, 2.45) is 5.73 Å². The topological polar surface area (TPSA) is 67.6 Å². The van der Waals surface area contributed by atoms with Crippen molar-refractivity contribution < 1.29 is 9.53 Å². The maximum absolute atomic E-state index is 12.4. The van der Waals surface area contributed by atoms with Crippen molar-refractivity contribution in [3.63, 3.8) is 0 Å². The van der Waals surface area contributed by atoms with Gasteiger partial charge in [-0.1, -0.05) is 57.2 Å². The first-order valence-corrected chi connectivity index (χ1v) is 9.32. The van der Waals surface area contributed by atoms with Gasteiger partial charge >= 0.3 is 6.03 Å². The van der Waals surface area contributed by atoms with Crippen molar-refractivity contribution in [1.29, 1.82) is 0 Å². The standard InChI is InChI=1S/C22H29N3O2/c1-21(2,3)17-7-9-18(10-8-17)22(23)15-24-20(26)25(22)14-13-16-5-11-19(27-4)12-6-16/h5-12H,13-15,23H2,1-4H3,(H,24,26). The van der Waals surface area contributed by atoms with Gasteiger partial charge in [0, 0.05) is 6.54 Å². The number of amides is 2. The molecule has 1 heterocycles. The number of ether oxygens (including phenoxy) is 1. The second kappa shape index (κ2) is 7.24. The van der Waals surface area contributed by atoms with Gasteiger partial charge in [-0.2, -0.15) is 0 Å². The number of nitrogens with two attached hydrogens (primary N) is 1. The number of hydrogen-bond acceptors (Lipinski definition) is 3. The Morgan fingerprint density at radius 3 is 2.30 bits per heavy atom. The highest BCUT2D eigenvalue weighted by molar-refractivity contribution is 5.78. The fraction of sp³-hybridized carbons (Fsp3) is 0.409. The lowest BCUT2D eigenvalue weighted by Gasteiger charge is -2.34. The van der Waals surface area contributed by atoms with E-state index >= 15 is 0 Å². The number of carbonyl (C=O) groups is 1. The Bertz CT molecular complexity index is 794. The first-order valence-electron chi connectivity index (χ1n) is 9.32. The van der Waals surface area contributed by atoms with Gasteiger partial charge < -0.3 is 20.7 Å². The number of methoxy groups -OCH3 is 1. The molecule has 0 spiro atoms. The summed E-state index contributed by atoms with van der Waals surface area (Å²) >= 11 is 0. The van der Waals surface area contributed by atoms with E-state index in [-0.39, 0.29) is 11.4 Å². The van der Waals surface area contributed by atoms with E-state index in [0.29, 0.717) is 13.1 Å². The molecule has 0 saturated carbocycles. The zero-order chi connectivity index (χ0) is 19.7. The van der Waals surface area contributed by atoms with Crippen LogP contribution in [0.1, 0.15) is 37.5 Å². The van der Waals surface area contributed by atoms with Crippen LogP contribution in [0, 0.1) is 0 Å². The van der Waals surface area contributed by atoms with Gasteiger partial charge in [-0.15, -0.1) is 0 Å². The van der Waals surface area contributed by atoms with Crippen LogP contribution < -0.4 is 15.8 Å². The van der Waals surface area contributed by atoms with Gasteiger partial charge in [-0.25, -0.2) is 4.79 Å². The summed E-state index contributed by atoms with van der Waals surface area (Å²) in [6, 6.07) is 16.1. The first kappa shape index (κ1) is 19.2. The Balaban J connectivity index is 1.77. The zero-order valence-corrected chi connectivity index (χ0v) is 16.6. The third-order valence-corrected chi connectivity index (χ3v) is 5.27. The summed E-state index contributed by atoms with van der Waals surface area (Å²) in [6.07, 6.45) is 0.733. The highest BCUT2D eigenvalue weighted by Gasteiger charge is 2.43. The van der Waals surface area contributed by atoms with Crippen LogP contribution in [-0.2, 0) is 17.5 Å². The van der Waals surface area contributed by atoms with Crippen LogP contribution in [0.25, 0.3) is 0 Å². The lowest BCUT2D eigenvalue weighted by molar-refractivity contribution is 0.160. The molecule has 0 radical (unpaired) electrons. The van der Waals surface area contributed by atoms with Gasteiger partial charge in [0.15, 0.2) is 0 Å². The van der Waals surface area contributed by atoms with Crippen molar-refractivity contribution in [2.75, 3.05) is 20.2 Å². The van der Waals surface area contributed by atoms with Crippen molar-refractivity contribution in [3.05, 3.63) is 65.2 Å². The molecule has 5 heteroatoms. The van der Waals surface area contributed by atoms with Crippen LogP contribution in [0.3, 0.4) is 0 Å². The molecule has 1 unspecified atom stereocenters. The van der Waals surface area contributed by atoms with Gasteiger partial charge in [-0.05, 0) is 40.7 Å². The maximum atomic E-state index is 12.4. The van der Waals surface area contributed by atoms with Crippen LogP contribution in [0.2, 0.25) is 0 Å². The molecule has 0 aliphatic carbocycles. The summed E-state index contributed by atoms with van der Waals surface area (Å²) < 4.78 is 5.19. The number of benzene rings is 2. The summed E-state index contributed by atoms with van der Waals surface area (Å²) in [5.41, 5.74) is 9.29. The first-order chi connectivity index (χ1) is 12.7. The Morgan fingerprint density at radius 2 is 1.74 bits per heavy atom. The molecule has 5 nitrogen and oxygen atoms in total. The Hall–Kier alpha value is -2.53. The summed E-state index contributed by atoms with van der Waals surface area (Å²) in [4.78, 5) is 14.2. The molecule has 3 rings (SSSR count). The van der Waals surface area contributed by atoms with Gasteiger partial charge in [-0.3, -0.25) is 0 Å². The minimum atomic E-state index is -0.833. The molecule has 1 atom stereocenters. The van der Waals surface area contributed by atoms with Gasteiger partial charge in [0.05, 0.1) is 13.7 Å². The molecule has 1 aliphatic heterocycles. The quantitative estimate of drug-likeness (QED) is 0.851. The number of urea groups is 1. The highest BCUT2D eigenvalue weighted by Crippen LogP contribution is 2.30. The van der Waals surface area contributed by atoms with E-state index in [9.17, 15) is 4.79 Å². The maximum Gasteiger partial charge on any atom is 0.319 e. The van der Waals surface area contributed by atoms with Crippen molar-refractivity contribution in [2.45, 2.75) is 38.3 Å². The third kappa shape index (κ3) is 3.93. The van der Waals surface area contributed by atoms with Crippen LogP contribution in [-0.4, -0.2) is 31.1 Å². The fourth-order valence-electron chi connectivity index (χ4n) is 3.43. The zero-order valence-electron chi connectivity index (χ0n) is 16.6. The molecule has 2 aromatic rings. The van der Waals surface area contributed by atoms with Crippen molar-refractivity contribution >= 4 is 6.03 Å². The molecule has 1 saturated heterocycles. The molecular weight excluding hydrogens is 338 g/mol. The predicted octanol–water partition coefficient (Wildman–Crippen LogP) is 3.37. The summed E-state index contributed by atoms with van der Waals surface area (Å²) in [6.45, 7) is 7.51. The van der Waals surface area contributed by atoms with E-state index in [2.05, 4.69) is 38.2 Å². The minimum absolute atomic E-state index is 0.0814. The van der Waals surface area contributed by atoms with E-state index in [1.54, 1.807) is 12.0 Å². The molecule has 0 bridgehead atoms. The van der Waals surface area contributed by atoms with Crippen molar-refractivity contribution in [1.82, 2.24) is 10.2 Å². The third-order valence-electron chi connectivity index (χ3n) is 5.27. The summed E-state index contributed by atoms with van der Waals surface area (Å²) in [5, 5.41) is 2.90.